The maximum atomic E-state index is 5.92. The molecule has 0 spiro atoms. The van der Waals surface area contributed by atoms with Crippen LogP contribution < -0.4 is 4.87 Å². The van der Waals surface area contributed by atoms with Crippen molar-refractivity contribution in [2.75, 3.05) is 0 Å². The van der Waals surface area contributed by atoms with Gasteiger partial charge < -0.3 is 4.42 Å². The molecule has 84 valence electrons. The zero-order valence-corrected chi connectivity index (χ0v) is 10.3. The third-order valence-corrected chi connectivity index (χ3v) is 3.40. The summed E-state index contributed by atoms with van der Waals surface area (Å²) in [6, 6.07) is 15.3. The van der Waals surface area contributed by atoms with Crippen LogP contribution in [0.1, 0.15) is 0 Å². The molecule has 4 heteroatoms. The molecule has 1 aromatic heterocycles. The lowest BCUT2D eigenvalue weighted by atomic mass is 10.3. The molecule has 0 atom stereocenters. The molecule has 3 rings (SSSR count). The van der Waals surface area contributed by atoms with Gasteiger partial charge in [0.25, 0.3) is 4.87 Å². The van der Waals surface area contributed by atoms with Crippen molar-refractivity contribution in [3.63, 3.8) is 0 Å². The van der Waals surface area contributed by atoms with Crippen molar-refractivity contribution < 1.29 is 4.42 Å². The van der Waals surface area contributed by atoms with Crippen LogP contribution in [0.3, 0.4) is 0 Å². The predicted molar refractivity (Wildman–Crippen MR) is 70.8 cm³/mol. The average molecular weight is 262 g/mol. The van der Waals surface area contributed by atoms with Crippen LogP contribution >= 0.6 is 22.9 Å². The smallest absolute Gasteiger partial charge is 0.279 e. The summed E-state index contributed by atoms with van der Waals surface area (Å²) in [5.74, 6) is 0. The second-order valence-corrected chi connectivity index (χ2v) is 4.94. The number of rotatable bonds is 1. The van der Waals surface area contributed by atoms with Crippen LogP contribution in [0.25, 0.3) is 10.3 Å². The normalized spacial score (nSPS) is 12.2. The van der Waals surface area contributed by atoms with Crippen molar-refractivity contribution in [2.45, 2.75) is 0 Å². The fourth-order valence-corrected chi connectivity index (χ4v) is 2.61. The molecule has 3 aromatic rings. The Morgan fingerprint density at radius 3 is 2.71 bits per heavy atom. The molecule has 0 saturated carbocycles. The van der Waals surface area contributed by atoms with E-state index in [2.05, 4.69) is 4.99 Å². The maximum absolute atomic E-state index is 5.92. The van der Waals surface area contributed by atoms with E-state index in [1.165, 1.54) is 11.3 Å². The van der Waals surface area contributed by atoms with Crippen molar-refractivity contribution >= 4 is 38.9 Å². The van der Waals surface area contributed by atoms with E-state index in [-0.39, 0.29) is 0 Å². The quantitative estimate of drug-likeness (QED) is 0.638. The molecular formula is C13H8ClNOS. The number of hydrogen-bond acceptors (Lipinski definition) is 3. The summed E-state index contributed by atoms with van der Waals surface area (Å²) in [5, 5.41) is 0.709. The highest BCUT2D eigenvalue weighted by Crippen LogP contribution is 2.21. The van der Waals surface area contributed by atoms with E-state index in [1.807, 2.05) is 48.5 Å². The zero-order chi connectivity index (χ0) is 11.7. The van der Waals surface area contributed by atoms with Gasteiger partial charge in [0.2, 0.25) is 0 Å². The van der Waals surface area contributed by atoms with Crippen LogP contribution in [0, 0.1) is 0 Å². The Morgan fingerprint density at radius 2 is 1.88 bits per heavy atom. The van der Waals surface area contributed by atoms with Gasteiger partial charge in [-0.05, 0) is 30.3 Å². The van der Waals surface area contributed by atoms with Crippen LogP contribution in [0.4, 0.5) is 5.69 Å². The number of hydrogen-bond donors (Lipinski definition) is 0. The molecular weight excluding hydrogens is 254 g/mol. The second kappa shape index (κ2) is 4.35. The van der Waals surface area contributed by atoms with E-state index in [9.17, 15) is 0 Å². The first-order chi connectivity index (χ1) is 8.31. The van der Waals surface area contributed by atoms with E-state index < -0.39 is 0 Å². The van der Waals surface area contributed by atoms with Gasteiger partial charge in [-0.15, -0.1) is 0 Å². The molecule has 0 unspecified atom stereocenters. The van der Waals surface area contributed by atoms with E-state index in [4.69, 9.17) is 16.0 Å². The first kappa shape index (κ1) is 10.6. The highest BCUT2D eigenvalue weighted by Gasteiger charge is 2.01. The first-order valence-corrected chi connectivity index (χ1v) is 6.30. The van der Waals surface area contributed by atoms with Gasteiger partial charge in [-0.2, -0.15) is 0 Å². The van der Waals surface area contributed by atoms with Gasteiger partial charge in [-0.25, -0.2) is 4.99 Å². The Labute approximate surface area is 107 Å². The Hall–Kier alpha value is -1.58. The number of halogens is 1. The minimum absolute atomic E-state index is 0.633. The number of para-hydroxylation sites is 1. The molecule has 0 bridgehead atoms. The van der Waals surface area contributed by atoms with Gasteiger partial charge in [0.15, 0.2) is 0 Å². The van der Waals surface area contributed by atoms with Gasteiger partial charge in [0.1, 0.15) is 5.58 Å². The molecule has 0 fully saturated rings. The van der Waals surface area contributed by atoms with Crippen LogP contribution in [0.15, 0.2) is 57.9 Å². The highest BCUT2D eigenvalue weighted by molar-refractivity contribution is 7.16. The molecule has 0 radical (unpaired) electrons. The van der Waals surface area contributed by atoms with Crippen molar-refractivity contribution in [3.05, 3.63) is 58.4 Å². The Morgan fingerprint density at radius 1 is 1.06 bits per heavy atom. The van der Waals surface area contributed by atoms with E-state index in [1.54, 1.807) is 0 Å². The van der Waals surface area contributed by atoms with Crippen molar-refractivity contribution in [2.24, 2.45) is 4.99 Å². The summed E-state index contributed by atoms with van der Waals surface area (Å²) >= 11 is 7.41. The van der Waals surface area contributed by atoms with Crippen molar-refractivity contribution in [1.29, 1.82) is 0 Å². The molecule has 0 aliphatic heterocycles. The lowest BCUT2D eigenvalue weighted by molar-refractivity contribution is 0.570. The van der Waals surface area contributed by atoms with Crippen molar-refractivity contribution in [3.8, 4) is 0 Å². The van der Waals surface area contributed by atoms with Crippen molar-refractivity contribution in [1.82, 2.24) is 0 Å². The number of benzene rings is 2. The lowest BCUT2D eigenvalue weighted by Gasteiger charge is -1.87. The van der Waals surface area contributed by atoms with Gasteiger partial charge in [-0.1, -0.05) is 41.1 Å². The molecule has 2 nitrogen and oxygen atoms in total. The Bertz CT molecular complexity index is 715. The molecule has 0 amide bonds. The summed E-state index contributed by atoms with van der Waals surface area (Å²) < 4.78 is 6.63. The van der Waals surface area contributed by atoms with E-state index in [0.717, 1.165) is 16.0 Å². The topological polar surface area (TPSA) is 25.5 Å². The maximum Gasteiger partial charge on any atom is 0.279 e. The monoisotopic (exact) mass is 261 g/mol. The molecule has 2 aromatic carbocycles. The molecule has 17 heavy (non-hydrogen) atoms. The molecule has 0 N–H and O–H groups in total. The Balaban J connectivity index is 2.15. The van der Waals surface area contributed by atoms with Gasteiger partial charge in [0.05, 0.1) is 10.4 Å². The predicted octanol–water partition coefficient (Wildman–Crippen LogP) is 4.38. The fraction of sp³-hybridized carbons (Fsp3) is 0. The van der Waals surface area contributed by atoms with Crippen LogP contribution in [0.5, 0.6) is 0 Å². The van der Waals surface area contributed by atoms with E-state index in [0.29, 0.717) is 9.89 Å². The molecule has 0 saturated heterocycles. The number of nitrogens with zero attached hydrogens (tertiary/aromatic N) is 1. The highest BCUT2D eigenvalue weighted by atomic mass is 35.5. The standard InChI is InChI=1S/C13H8ClNOS/c14-9-6-7-11-12(8-9)17-13(16-11)15-10-4-2-1-3-5-10/h1-8H. The van der Waals surface area contributed by atoms with Gasteiger partial charge in [0, 0.05) is 5.02 Å². The summed E-state index contributed by atoms with van der Waals surface area (Å²) in [5.41, 5.74) is 1.70. The summed E-state index contributed by atoms with van der Waals surface area (Å²) in [6.45, 7) is 0. The second-order valence-electron chi connectivity index (χ2n) is 3.51. The zero-order valence-electron chi connectivity index (χ0n) is 8.76. The lowest BCUT2D eigenvalue weighted by Crippen LogP contribution is -1.86. The SMILES string of the molecule is Clc1ccc2oc(=Nc3ccccc3)sc2c1. The molecule has 0 aliphatic rings. The average Bonchev–Trinajstić information content (AvgIpc) is 2.71. The summed E-state index contributed by atoms with van der Waals surface area (Å²) in [7, 11) is 0. The molecule has 0 aliphatic carbocycles. The number of fused-ring (bicyclic) bond motifs is 1. The third kappa shape index (κ3) is 2.25. The van der Waals surface area contributed by atoms with Crippen LogP contribution in [-0.4, -0.2) is 0 Å². The molecule has 1 heterocycles. The fourth-order valence-electron chi connectivity index (χ4n) is 1.51. The van der Waals surface area contributed by atoms with Gasteiger partial charge in [-0.3, -0.25) is 0 Å². The van der Waals surface area contributed by atoms with E-state index >= 15 is 0 Å². The third-order valence-electron chi connectivity index (χ3n) is 2.28. The minimum Gasteiger partial charge on any atom is -0.429 e. The van der Waals surface area contributed by atoms with Crippen LogP contribution in [0.2, 0.25) is 5.02 Å². The van der Waals surface area contributed by atoms with Crippen LogP contribution in [-0.2, 0) is 0 Å². The summed E-state index contributed by atoms with van der Waals surface area (Å²) in [6.07, 6.45) is 0. The Kier molecular flexibility index (Phi) is 2.71. The van der Waals surface area contributed by atoms with Gasteiger partial charge >= 0.3 is 0 Å². The summed E-state index contributed by atoms with van der Waals surface area (Å²) in [4.78, 5) is 5.05. The minimum atomic E-state index is 0.633. The largest absolute Gasteiger partial charge is 0.429 e. The first-order valence-electron chi connectivity index (χ1n) is 5.10.